The van der Waals surface area contributed by atoms with Crippen molar-refractivity contribution >= 4 is 17.6 Å². The van der Waals surface area contributed by atoms with Crippen LogP contribution >= 0.6 is 11.6 Å². The smallest absolute Gasteiger partial charge is 0.194 e. The van der Waals surface area contributed by atoms with Crippen LogP contribution in [0.5, 0.6) is 0 Å². The van der Waals surface area contributed by atoms with E-state index < -0.39 is 0 Å². The first-order valence-corrected chi connectivity index (χ1v) is 9.21. The lowest BCUT2D eigenvalue weighted by Gasteiger charge is -2.47. The number of hydrogen-bond donors (Lipinski definition) is 1. The van der Waals surface area contributed by atoms with Gasteiger partial charge < -0.3 is 14.8 Å². The molecular weight excluding hydrogens is 324 g/mol. The van der Waals surface area contributed by atoms with Crippen LogP contribution in [0.2, 0.25) is 5.02 Å². The van der Waals surface area contributed by atoms with E-state index in [1.54, 1.807) is 0 Å². The Morgan fingerprint density at radius 2 is 2.12 bits per heavy atom. The number of guanidine groups is 1. The van der Waals surface area contributed by atoms with Crippen LogP contribution in [0.4, 0.5) is 0 Å². The van der Waals surface area contributed by atoms with Gasteiger partial charge in [0.1, 0.15) is 0 Å². The zero-order valence-corrected chi connectivity index (χ0v) is 15.8. The summed E-state index contributed by atoms with van der Waals surface area (Å²) in [5, 5.41) is 4.19. The standard InChI is InChI=1S/C17H29ClN6/c1-4-19-17(22(3)12-15-9-14(18)11-21(15)2)20-10-16-13-23-5-7-24(16)8-6-23/h9,11,16H,4-8,10,12-13H2,1-3H3,(H,19,20). The molecule has 4 heterocycles. The average Bonchev–Trinajstić information content (AvgIpc) is 2.89. The molecule has 0 saturated carbocycles. The number of nitrogens with zero attached hydrogens (tertiary/aromatic N) is 5. The van der Waals surface area contributed by atoms with Gasteiger partial charge >= 0.3 is 0 Å². The van der Waals surface area contributed by atoms with E-state index in [0.717, 1.165) is 37.2 Å². The molecule has 1 unspecified atom stereocenters. The second kappa shape index (κ2) is 7.76. The number of aliphatic imine (C=N–C) groups is 1. The number of piperazine rings is 3. The fourth-order valence-corrected chi connectivity index (χ4v) is 3.87. The lowest BCUT2D eigenvalue weighted by molar-refractivity contribution is 0.0173. The first-order valence-electron chi connectivity index (χ1n) is 8.83. The second-order valence-electron chi connectivity index (χ2n) is 6.80. The zero-order valence-electron chi connectivity index (χ0n) is 15.0. The van der Waals surface area contributed by atoms with Gasteiger partial charge in [0.15, 0.2) is 5.96 Å². The Balaban J connectivity index is 1.63. The van der Waals surface area contributed by atoms with Gasteiger partial charge in [-0.25, -0.2) is 0 Å². The maximum Gasteiger partial charge on any atom is 0.194 e. The molecule has 0 amide bonds. The van der Waals surface area contributed by atoms with Crippen LogP contribution in [0, 0.1) is 0 Å². The lowest BCUT2D eigenvalue weighted by atomic mass is 10.1. The zero-order chi connectivity index (χ0) is 17.1. The van der Waals surface area contributed by atoms with E-state index in [2.05, 4.69) is 38.6 Å². The van der Waals surface area contributed by atoms with E-state index in [1.807, 2.05) is 19.3 Å². The molecule has 1 atom stereocenters. The highest BCUT2D eigenvalue weighted by molar-refractivity contribution is 6.30. The van der Waals surface area contributed by atoms with Gasteiger partial charge in [0.25, 0.3) is 0 Å². The third-order valence-electron chi connectivity index (χ3n) is 5.01. The molecule has 6 nitrogen and oxygen atoms in total. The summed E-state index contributed by atoms with van der Waals surface area (Å²) < 4.78 is 2.07. The molecule has 3 fully saturated rings. The van der Waals surface area contributed by atoms with Gasteiger partial charge in [0.05, 0.1) is 18.1 Å². The first kappa shape index (κ1) is 17.6. The highest BCUT2D eigenvalue weighted by Crippen LogP contribution is 2.16. The molecule has 2 bridgehead atoms. The number of hydrogen-bond acceptors (Lipinski definition) is 3. The summed E-state index contributed by atoms with van der Waals surface area (Å²) in [6.45, 7) is 10.6. The van der Waals surface area contributed by atoms with Crippen molar-refractivity contribution in [2.75, 3.05) is 52.9 Å². The maximum absolute atomic E-state index is 6.09. The van der Waals surface area contributed by atoms with Gasteiger partial charge in [-0.1, -0.05) is 11.6 Å². The monoisotopic (exact) mass is 352 g/mol. The molecule has 0 aromatic carbocycles. The Morgan fingerprint density at radius 3 is 2.67 bits per heavy atom. The van der Waals surface area contributed by atoms with E-state index in [1.165, 1.54) is 31.9 Å². The first-order chi connectivity index (χ1) is 11.6. The van der Waals surface area contributed by atoms with Crippen molar-refractivity contribution in [3.63, 3.8) is 0 Å². The van der Waals surface area contributed by atoms with E-state index in [0.29, 0.717) is 6.04 Å². The molecule has 3 saturated heterocycles. The summed E-state index contributed by atoms with van der Waals surface area (Å²) in [4.78, 5) is 12.2. The molecule has 7 heteroatoms. The largest absolute Gasteiger partial charge is 0.357 e. The van der Waals surface area contributed by atoms with Gasteiger partial charge in [-0.05, 0) is 13.0 Å². The van der Waals surface area contributed by atoms with Crippen LogP contribution in [0.1, 0.15) is 12.6 Å². The number of nitrogens with one attached hydrogen (secondary N) is 1. The quantitative estimate of drug-likeness (QED) is 0.635. The predicted molar refractivity (Wildman–Crippen MR) is 99.7 cm³/mol. The minimum Gasteiger partial charge on any atom is -0.357 e. The number of fused-ring (bicyclic) bond motifs is 3. The molecular formula is C17H29ClN6. The normalized spacial score (nSPS) is 26.7. The van der Waals surface area contributed by atoms with Crippen molar-refractivity contribution < 1.29 is 0 Å². The molecule has 3 aliphatic rings. The molecule has 24 heavy (non-hydrogen) atoms. The van der Waals surface area contributed by atoms with Gasteiger partial charge in [0, 0.05) is 71.3 Å². The summed E-state index contributed by atoms with van der Waals surface area (Å²) in [5.41, 5.74) is 1.18. The van der Waals surface area contributed by atoms with Crippen molar-refractivity contribution in [1.82, 2.24) is 24.6 Å². The van der Waals surface area contributed by atoms with E-state index in [4.69, 9.17) is 16.6 Å². The van der Waals surface area contributed by atoms with Crippen molar-refractivity contribution in [3.05, 3.63) is 23.0 Å². The molecule has 4 rings (SSSR count). The highest BCUT2D eigenvalue weighted by atomic mass is 35.5. The Kier molecular flexibility index (Phi) is 5.69. The Labute approximate surface area is 150 Å². The van der Waals surface area contributed by atoms with Crippen LogP contribution in [0.25, 0.3) is 0 Å². The third-order valence-corrected chi connectivity index (χ3v) is 5.22. The second-order valence-corrected chi connectivity index (χ2v) is 7.24. The van der Waals surface area contributed by atoms with Crippen molar-refractivity contribution in [1.29, 1.82) is 0 Å². The topological polar surface area (TPSA) is 39.0 Å². The summed E-state index contributed by atoms with van der Waals surface area (Å²) in [7, 11) is 4.11. The van der Waals surface area contributed by atoms with Crippen molar-refractivity contribution in [3.8, 4) is 0 Å². The molecule has 1 aromatic rings. The molecule has 1 aromatic heterocycles. The van der Waals surface area contributed by atoms with E-state index in [9.17, 15) is 0 Å². The van der Waals surface area contributed by atoms with Crippen molar-refractivity contribution in [2.45, 2.75) is 19.5 Å². The third kappa shape index (κ3) is 4.05. The van der Waals surface area contributed by atoms with Crippen LogP contribution in [-0.4, -0.2) is 84.1 Å². The maximum atomic E-state index is 6.09. The number of rotatable bonds is 5. The summed E-state index contributed by atoms with van der Waals surface area (Å²) in [6, 6.07) is 2.57. The van der Waals surface area contributed by atoms with Gasteiger partial charge in [-0.2, -0.15) is 0 Å². The summed E-state index contributed by atoms with van der Waals surface area (Å²) >= 11 is 6.09. The van der Waals surface area contributed by atoms with Gasteiger partial charge in [-0.15, -0.1) is 0 Å². The molecule has 0 spiro atoms. The fourth-order valence-electron chi connectivity index (χ4n) is 3.60. The van der Waals surface area contributed by atoms with Crippen LogP contribution in [0.15, 0.2) is 17.3 Å². The van der Waals surface area contributed by atoms with Gasteiger partial charge in [-0.3, -0.25) is 14.8 Å². The minimum absolute atomic E-state index is 0.555. The van der Waals surface area contributed by atoms with E-state index >= 15 is 0 Å². The van der Waals surface area contributed by atoms with Crippen molar-refractivity contribution in [2.24, 2.45) is 12.0 Å². The molecule has 0 aliphatic carbocycles. The molecule has 1 N–H and O–H groups in total. The molecule has 134 valence electrons. The van der Waals surface area contributed by atoms with E-state index in [-0.39, 0.29) is 0 Å². The van der Waals surface area contributed by atoms with Crippen LogP contribution in [0.3, 0.4) is 0 Å². The number of aryl methyl sites for hydroxylation is 1. The fraction of sp³-hybridized carbons (Fsp3) is 0.706. The van der Waals surface area contributed by atoms with Gasteiger partial charge in [0.2, 0.25) is 0 Å². The van der Waals surface area contributed by atoms with Crippen LogP contribution < -0.4 is 5.32 Å². The highest BCUT2D eigenvalue weighted by Gasteiger charge is 2.31. The summed E-state index contributed by atoms with van der Waals surface area (Å²) in [6.07, 6.45) is 1.94. The lowest BCUT2D eigenvalue weighted by Crippen LogP contribution is -2.62. The predicted octanol–water partition coefficient (Wildman–Crippen LogP) is 1.08. The Morgan fingerprint density at radius 1 is 1.38 bits per heavy atom. The van der Waals surface area contributed by atoms with Crippen LogP contribution in [-0.2, 0) is 13.6 Å². The summed E-state index contributed by atoms with van der Waals surface area (Å²) in [5.74, 6) is 0.965. The molecule has 0 radical (unpaired) electrons. The number of halogens is 1. The Hall–Kier alpha value is -1.24. The Bertz CT molecular complexity index is 576. The number of aromatic nitrogens is 1. The molecule has 3 aliphatic heterocycles. The SMILES string of the molecule is CCNC(=NCC1CN2CCN1CC2)N(C)Cc1cc(Cl)cn1C. The average molecular weight is 353 g/mol. The minimum atomic E-state index is 0.555.